The molecule has 0 aliphatic heterocycles. The number of nitrogens with zero attached hydrogens (tertiary/aromatic N) is 1. The van der Waals surface area contributed by atoms with Crippen molar-refractivity contribution in [1.29, 1.82) is 0 Å². The number of hydrogen-bond acceptors (Lipinski definition) is 5. The third kappa shape index (κ3) is 4.85. The number of aromatic nitrogens is 1. The standard InChI is InChI=1S/C22H22N2O4/c1-15-8-9-19(16(2)13-15)27-12-11-23-20(25)14-28-22(26)18-7-3-5-17-6-4-10-24-21(17)18/h3-10,13H,11-12,14H2,1-2H3,(H,23,25). The van der Waals surface area contributed by atoms with Crippen molar-refractivity contribution in [2.75, 3.05) is 19.8 Å². The van der Waals surface area contributed by atoms with Crippen LogP contribution in [0.5, 0.6) is 5.75 Å². The first kappa shape index (κ1) is 19.4. The minimum atomic E-state index is -0.578. The smallest absolute Gasteiger partial charge is 0.340 e. The van der Waals surface area contributed by atoms with Gasteiger partial charge in [-0.25, -0.2) is 4.79 Å². The van der Waals surface area contributed by atoms with Crippen LogP contribution in [0.2, 0.25) is 0 Å². The highest BCUT2D eigenvalue weighted by atomic mass is 16.5. The number of rotatable bonds is 7. The van der Waals surface area contributed by atoms with Crippen LogP contribution >= 0.6 is 0 Å². The highest BCUT2D eigenvalue weighted by molar-refractivity contribution is 6.03. The van der Waals surface area contributed by atoms with E-state index in [9.17, 15) is 9.59 Å². The fourth-order valence-corrected chi connectivity index (χ4v) is 2.84. The molecule has 0 aliphatic rings. The number of amides is 1. The van der Waals surface area contributed by atoms with Crippen molar-refractivity contribution in [1.82, 2.24) is 10.3 Å². The van der Waals surface area contributed by atoms with E-state index in [0.717, 1.165) is 16.7 Å². The molecule has 3 aromatic rings. The number of carbonyl (C=O) groups excluding carboxylic acids is 2. The number of para-hydroxylation sites is 1. The van der Waals surface area contributed by atoms with Gasteiger partial charge in [0.1, 0.15) is 12.4 Å². The van der Waals surface area contributed by atoms with Gasteiger partial charge in [-0.05, 0) is 37.6 Å². The molecule has 3 rings (SSSR count). The fraction of sp³-hybridized carbons (Fsp3) is 0.227. The van der Waals surface area contributed by atoms with E-state index in [0.29, 0.717) is 24.2 Å². The van der Waals surface area contributed by atoms with Gasteiger partial charge < -0.3 is 14.8 Å². The maximum absolute atomic E-state index is 12.3. The molecule has 144 valence electrons. The third-order valence-corrected chi connectivity index (χ3v) is 4.20. The van der Waals surface area contributed by atoms with Crippen molar-refractivity contribution >= 4 is 22.8 Å². The van der Waals surface area contributed by atoms with E-state index < -0.39 is 5.97 Å². The molecule has 6 heteroatoms. The van der Waals surface area contributed by atoms with E-state index in [-0.39, 0.29) is 12.5 Å². The summed E-state index contributed by atoms with van der Waals surface area (Å²) in [6.45, 7) is 4.29. The number of carbonyl (C=O) groups is 2. The average Bonchev–Trinajstić information content (AvgIpc) is 2.70. The molecule has 1 heterocycles. The lowest BCUT2D eigenvalue weighted by atomic mass is 10.1. The first-order valence-electron chi connectivity index (χ1n) is 9.02. The summed E-state index contributed by atoms with van der Waals surface area (Å²) in [6.07, 6.45) is 1.61. The molecular weight excluding hydrogens is 356 g/mol. The molecule has 6 nitrogen and oxygen atoms in total. The van der Waals surface area contributed by atoms with E-state index >= 15 is 0 Å². The first-order valence-corrected chi connectivity index (χ1v) is 9.02. The number of aryl methyl sites for hydroxylation is 2. The van der Waals surface area contributed by atoms with Gasteiger partial charge in [0.25, 0.3) is 5.91 Å². The van der Waals surface area contributed by atoms with Crippen LogP contribution in [0.4, 0.5) is 0 Å². The molecular formula is C22H22N2O4. The van der Waals surface area contributed by atoms with Gasteiger partial charge in [0.2, 0.25) is 0 Å². The van der Waals surface area contributed by atoms with Crippen molar-refractivity contribution in [2.45, 2.75) is 13.8 Å². The van der Waals surface area contributed by atoms with Crippen LogP contribution in [0, 0.1) is 13.8 Å². The molecule has 0 radical (unpaired) electrons. The Hall–Kier alpha value is -3.41. The Bertz CT molecular complexity index is 995. The molecule has 0 atom stereocenters. The van der Waals surface area contributed by atoms with Gasteiger partial charge >= 0.3 is 5.97 Å². The Kier molecular flexibility index (Phi) is 6.22. The second-order valence-corrected chi connectivity index (χ2v) is 6.42. The molecule has 28 heavy (non-hydrogen) atoms. The zero-order valence-electron chi connectivity index (χ0n) is 15.9. The lowest BCUT2D eigenvalue weighted by molar-refractivity contribution is -0.124. The highest BCUT2D eigenvalue weighted by Gasteiger charge is 2.14. The monoisotopic (exact) mass is 378 g/mol. The fourth-order valence-electron chi connectivity index (χ4n) is 2.84. The van der Waals surface area contributed by atoms with Gasteiger partial charge in [-0.2, -0.15) is 0 Å². The lowest BCUT2D eigenvalue weighted by Crippen LogP contribution is -2.32. The third-order valence-electron chi connectivity index (χ3n) is 4.20. The maximum atomic E-state index is 12.3. The number of ether oxygens (including phenoxy) is 2. The van der Waals surface area contributed by atoms with Crippen LogP contribution in [0.3, 0.4) is 0 Å². The van der Waals surface area contributed by atoms with Crippen molar-refractivity contribution in [3.8, 4) is 5.75 Å². The summed E-state index contributed by atoms with van der Waals surface area (Å²) in [5.74, 6) is -0.175. The van der Waals surface area contributed by atoms with E-state index in [1.54, 1.807) is 24.4 Å². The number of hydrogen-bond donors (Lipinski definition) is 1. The molecule has 0 saturated heterocycles. The highest BCUT2D eigenvalue weighted by Crippen LogP contribution is 2.18. The topological polar surface area (TPSA) is 77.5 Å². The predicted octanol–water partition coefficient (Wildman–Crippen LogP) is 3.20. The summed E-state index contributed by atoms with van der Waals surface area (Å²) < 4.78 is 10.8. The first-order chi connectivity index (χ1) is 13.5. The van der Waals surface area contributed by atoms with Gasteiger partial charge in [0.05, 0.1) is 17.6 Å². The molecule has 0 saturated carbocycles. The zero-order valence-corrected chi connectivity index (χ0v) is 15.9. The summed E-state index contributed by atoms with van der Waals surface area (Å²) in [6, 6.07) is 14.8. The van der Waals surface area contributed by atoms with Crippen LogP contribution in [0.1, 0.15) is 21.5 Å². The van der Waals surface area contributed by atoms with Crippen molar-refractivity contribution in [3.63, 3.8) is 0 Å². The molecule has 0 bridgehead atoms. The molecule has 0 fully saturated rings. The van der Waals surface area contributed by atoms with E-state index in [1.807, 2.05) is 44.2 Å². The van der Waals surface area contributed by atoms with Gasteiger partial charge in [-0.1, -0.05) is 35.9 Å². The maximum Gasteiger partial charge on any atom is 0.340 e. The summed E-state index contributed by atoms with van der Waals surface area (Å²) in [5, 5.41) is 3.51. The van der Waals surface area contributed by atoms with Crippen molar-refractivity contribution < 1.29 is 19.1 Å². The summed E-state index contributed by atoms with van der Waals surface area (Å²) in [7, 11) is 0. The number of pyridine rings is 1. The Morgan fingerprint density at radius 3 is 2.71 bits per heavy atom. The van der Waals surface area contributed by atoms with Crippen LogP contribution in [-0.2, 0) is 9.53 Å². The quantitative estimate of drug-likeness (QED) is 0.505. The van der Waals surface area contributed by atoms with E-state index in [2.05, 4.69) is 10.3 Å². The molecule has 1 amide bonds. The second-order valence-electron chi connectivity index (χ2n) is 6.42. The lowest BCUT2D eigenvalue weighted by Gasteiger charge is -2.11. The van der Waals surface area contributed by atoms with Gasteiger partial charge in [-0.15, -0.1) is 0 Å². The number of nitrogens with one attached hydrogen (secondary N) is 1. The average molecular weight is 378 g/mol. The van der Waals surface area contributed by atoms with Gasteiger partial charge in [-0.3, -0.25) is 9.78 Å². The summed E-state index contributed by atoms with van der Waals surface area (Å²) in [5.41, 5.74) is 3.10. The Morgan fingerprint density at radius 2 is 1.89 bits per heavy atom. The summed E-state index contributed by atoms with van der Waals surface area (Å²) >= 11 is 0. The molecule has 0 aliphatic carbocycles. The molecule has 1 N–H and O–H groups in total. The minimum absolute atomic E-state index is 0.319. The normalized spacial score (nSPS) is 10.5. The Morgan fingerprint density at radius 1 is 1.07 bits per heavy atom. The SMILES string of the molecule is Cc1ccc(OCCNC(=O)COC(=O)c2cccc3cccnc23)c(C)c1. The van der Waals surface area contributed by atoms with Crippen LogP contribution in [0.15, 0.2) is 54.7 Å². The molecule has 2 aromatic carbocycles. The minimum Gasteiger partial charge on any atom is -0.491 e. The number of esters is 1. The van der Waals surface area contributed by atoms with Crippen LogP contribution in [0.25, 0.3) is 10.9 Å². The van der Waals surface area contributed by atoms with Gasteiger partial charge in [0.15, 0.2) is 6.61 Å². The second kappa shape index (κ2) is 8.99. The van der Waals surface area contributed by atoms with Gasteiger partial charge in [0, 0.05) is 11.6 Å². The zero-order chi connectivity index (χ0) is 19.9. The number of fused-ring (bicyclic) bond motifs is 1. The van der Waals surface area contributed by atoms with E-state index in [1.165, 1.54) is 5.56 Å². The predicted molar refractivity (Wildman–Crippen MR) is 106 cm³/mol. The number of benzene rings is 2. The van der Waals surface area contributed by atoms with Crippen molar-refractivity contribution in [3.05, 3.63) is 71.4 Å². The van der Waals surface area contributed by atoms with Crippen molar-refractivity contribution in [2.24, 2.45) is 0 Å². The largest absolute Gasteiger partial charge is 0.491 e. The molecule has 0 spiro atoms. The Labute approximate surface area is 163 Å². The van der Waals surface area contributed by atoms with E-state index in [4.69, 9.17) is 9.47 Å². The molecule has 1 aromatic heterocycles. The summed E-state index contributed by atoms with van der Waals surface area (Å²) in [4.78, 5) is 28.4. The van der Waals surface area contributed by atoms with Crippen LogP contribution < -0.4 is 10.1 Å². The Balaban J connectivity index is 1.44. The van der Waals surface area contributed by atoms with Crippen LogP contribution in [-0.4, -0.2) is 36.6 Å². The molecule has 0 unspecified atom stereocenters.